The number of carbonyl (C=O) groups is 1. The predicted molar refractivity (Wildman–Crippen MR) is 47.9 cm³/mol. The molecule has 0 radical (unpaired) electrons. The summed E-state index contributed by atoms with van der Waals surface area (Å²) in [6.07, 6.45) is 1.99. The number of carbonyl (C=O) groups excluding carboxylic acids is 1. The minimum Gasteiger partial charge on any atom is -0.342 e. The molecule has 0 aliphatic carbocycles. The van der Waals surface area contributed by atoms with E-state index in [1.807, 2.05) is 7.05 Å². The van der Waals surface area contributed by atoms with Crippen molar-refractivity contribution >= 4 is 17.5 Å². The summed E-state index contributed by atoms with van der Waals surface area (Å²) in [4.78, 5) is 12.8. The fourth-order valence-electron chi connectivity index (χ4n) is 1.13. The zero-order valence-corrected chi connectivity index (χ0v) is 8.19. The fraction of sp³-hybridized carbons (Fsp3) is 0.875. The summed E-state index contributed by atoms with van der Waals surface area (Å²) in [5.74, 6) is 0.105. The van der Waals surface area contributed by atoms with Gasteiger partial charge in [-0.1, -0.05) is 13.8 Å². The van der Waals surface area contributed by atoms with Gasteiger partial charge >= 0.3 is 0 Å². The lowest BCUT2D eigenvalue weighted by Gasteiger charge is -2.25. The molecular weight excluding hydrogens is 162 g/mol. The first-order chi connectivity index (χ1) is 5.17. The number of rotatable bonds is 4. The van der Waals surface area contributed by atoms with E-state index in [4.69, 9.17) is 11.6 Å². The first-order valence-electron chi connectivity index (χ1n) is 3.98. The van der Waals surface area contributed by atoms with Crippen LogP contribution < -0.4 is 0 Å². The Kier molecular flexibility index (Phi) is 5.30. The Balaban J connectivity index is 3.97. The maximum atomic E-state index is 11.1. The molecule has 0 aromatic heterocycles. The van der Waals surface area contributed by atoms with Crippen molar-refractivity contribution in [2.75, 3.05) is 12.9 Å². The SMILES string of the molecule is CCC(CC)N(C)C(=O)CCl. The highest BCUT2D eigenvalue weighted by Gasteiger charge is 2.14. The highest BCUT2D eigenvalue weighted by Crippen LogP contribution is 2.06. The van der Waals surface area contributed by atoms with E-state index in [-0.39, 0.29) is 11.8 Å². The Hall–Kier alpha value is -0.240. The quantitative estimate of drug-likeness (QED) is 0.601. The normalized spacial score (nSPS) is 10.3. The van der Waals surface area contributed by atoms with Crippen molar-refractivity contribution in [2.45, 2.75) is 32.7 Å². The van der Waals surface area contributed by atoms with Crippen LogP contribution in [0.3, 0.4) is 0 Å². The standard InChI is InChI=1S/C8H16ClNO/c1-4-7(5-2)10(3)8(11)6-9/h7H,4-6H2,1-3H3. The van der Waals surface area contributed by atoms with E-state index in [1.54, 1.807) is 4.90 Å². The molecule has 0 N–H and O–H groups in total. The minimum absolute atomic E-state index is 0.0142. The number of amides is 1. The number of alkyl halides is 1. The molecule has 1 amide bonds. The van der Waals surface area contributed by atoms with E-state index in [1.165, 1.54) is 0 Å². The predicted octanol–water partition coefficient (Wildman–Crippen LogP) is 1.87. The zero-order valence-electron chi connectivity index (χ0n) is 7.43. The Bertz CT molecular complexity index is 123. The summed E-state index contributed by atoms with van der Waals surface area (Å²) in [7, 11) is 1.81. The minimum atomic E-state index is 0.0142. The highest BCUT2D eigenvalue weighted by atomic mass is 35.5. The van der Waals surface area contributed by atoms with E-state index < -0.39 is 0 Å². The lowest BCUT2D eigenvalue weighted by molar-refractivity contribution is -0.129. The van der Waals surface area contributed by atoms with E-state index in [9.17, 15) is 4.79 Å². The first-order valence-corrected chi connectivity index (χ1v) is 4.52. The van der Waals surface area contributed by atoms with Gasteiger partial charge in [-0.2, -0.15) is 0 Å². The van der Waals surface area contributed by atoms with Gasteiger partial charge in [-0.05, 0) is 12.8 Å². The monoisotopic (exact) mass is 177 g/mol. The molecule has 0 fully saturated rings. The fourth-order valence-corrected chi connectivity index (χ4v) is 1.32. The van der Waals surface area contributed by atoms with Gasteiger partial charge in [0.1, 0.15) is 5.88 Å². The van der Waals surface area contributed by atoms with Crippen molar-refractivity contribution in [2.24, 2.45) is 0 Å². The summed E-state index contributed by atoms with van der Waals surface area (Å²) < 4.78 is 0. The van der Waals surface area contributed by atoms with E-state index in [0.29, 0.717) is 6.04 Å². The summed E-state index contributed by atoms with van der Waals surface area (Å²) in [6.45, 7) is 4.15. The third-order valence-corrected chi connectivity index (χ3v) is 2.23. The van der Waals surface area contributed by atoms with E-state index >= 15 is 0 Å². The van der Waals surface area contributed by atoms with Gasteiger partial charge in [0.05, 0.1) is 0 Å². The molecule has 2 nitrogen and oxygen atoms in total. The van der Waals surface area contributed by atoms with Crippen LogP contribution >= 0.6 is 11.6 Å². The van der Waals surface area contributed by atoms with Crippen molar-refractivity contribution in [3.8, 4) is 0 Å². The third-order valence-electron chi connectivity index (χ3n) is 2.00. The summed E-state index contributed by atoms with van der Waals surface area (Å²) in [5.41, 5.74) is 0. The molecule has 0 rings (SSSR count). The first kappa shape index (κ1) is 10.8. The van der Waals surface area contributed by atoms with Crippen LogP contribution in [0.4, 0.5) is 0 Å². The largest absolute Gasteiger partial charge is 0.342 e. The summed E-state index contributed by atoms with van der Waals surface area (Å²) in [6, 6.07) is 0.348. The van der Waals surface area contributed by atoms with Crippen molar-refractivity contribution in [3.63, 3.8) is 0 Å². The topological polar surface area (TPSA) is 20.3 Å². The van der Waals surface area contributed by atoms with E-state index in [2.05, 4.69) is 13.8 Å². The van der Waals surface area contributed by atoms with Gasteiger partial charge in [-0.15, -0.1) is 11.6 Å². The van der Waals surface area contributed by atoms with Crippen molar-refractivity contribution in [1.82, 2.24) is 4.90 Å². The van der Waals surface area contributed by atoms with Crippen LogP contribution in [0.15, 0.2) is 0 Å². The second-order valence-corrected chi connectivity index (χ2v) is 2.88. The average molecular weight is 178 g/mol. The van der Waals surface area contributed by atoms with Crippen LogP contribution in [0, 0.1) is 0 Å². The van der Waals surface area contributed by atoms with Crippen LogP contribution in [0.25, 0.3) is 0 Å². The molecule has 66 valence electrons. The zero-order chi connectivity index (χ0) is 8.85. The maximum Gasteiger partial charge on any atom is 0.237 e. The Labute approximate surface area is 73.5 Å². The van der Waals surface area contributed by atoms with Crippen LogP contribution in [0.2, 0.25) is 0 Å². The molecule has 0 saturated carbocycles. The Morgan fingerprint density at radius 1 is 1.45 bits per heavy atom. The molecule has 0 saturated heterocycles. The molecule has 0 spiro atoms. The van der Waals surface area contributed by atoms with Crippen molar-refractivity contribution in [3.05, 3.63) is 0 Å². The van der Waals surface area contributed by atoms with Gasteiger partial charge in [-0.3, -0.25) is 4.79 Å². The molecular formula is C8H16ClNO. The van der Waals surface area contributed by atoms with Crippen molar-refractivity contribution in [1.29, 1.82) is 0 Å². The second kappa shape index (κ2) is 5.42. The van der Waals surface area contributed by atoms with Gasteiger partial charge in [0.2, 0.25) is 5.91 Å². The molecule has 0 aliphatic heterocycles. The van der Waals surface area contributed by atoms with Crippen LogP contribution in [-0.4, -0.2) is 29.8 Å². The Morgan fingerprint density at radius 2 is 1.91 bits per heavy atom. The average Bonchev–Trinajstić information content (AvgIpc) is 2.05. The molecule has 0 bridgehead atoms. The van der Waals surface area contributed by atoms with Gasteiger partial charge in [-0.25, -0.2) is 0 Å². The highest BCUT2D eigenvalue weighted by molar-refractivity contribution is 6.27. The van der Waals surface area contributed by atoms with Gasteiger partial charge in [0.25, 0.3) is 0 Å². The van der Waals surface area contributed by atoms with Crippen LogP contribution in [0.5, 0.6) is 0 Å². The summed E-state index contributed by atoms with van der Waals surface area (Å²) >= 11 is 5.41. The third kappa shape index (κ3) is 3.10. The van der Waals surface area contributed by atoms with Crippen LogP contribution in [0.1, 0.15) is 26.7 Å². The molecule has 0 aromatic rings. The van der Waals surface area contributed by atoms with Crippen molar-refractivity contribution < 1.29 is 4.79 Å². The molecule has 0 heterocycles. The van der Waals surface area contributed by atoms with E-state index in [0.717, 1.165) is 12.8 Å². The number of hydrogen-bond acceptors (Lipinski definition) is 1. The molecule has 0 aliphatic rings. The number of hydrogen-bond donors (Lipinski definition) is 0. The van der Waals surface area contributed by atoms with Gasteiger partial charge in [0, 0.05) is 13.1 Å². The van der Waals surface area contributed by atoms with Gasteiger partial charge < -0.3 is 4.90 Å². The number of halogens is 1. The summed E-state index contributed by atoms with van der Waals surface area (Å²) in [5, 5.41) is 0. The smallest absolute Gasteiger partial charge is 0.237 e. The Morgan fingerprint density at radius 3 is 2.18 bits per heavy atom. The molecule has 0 unspecified atom stereocenters. The lowest BCUT2D eigenvalue weighted by atomic mass is 10.1. The molecule has 3 heteroatoms. The lowest BCUT2D eigenvalue weighted by Crippen LogP contribution is -2.36. The molecule has 0 atom stereocenters. The molecule has 11 heavy (non-hydrogen) atoms. The molecule has 0 aromatic carbocycles. The number of nitrogens with zero attached hydrogens (tertiary/aromatic N) is 1. The van der Waals surface area contributed by atoms with Gasteiger partial charge in [0.15, 0.2) is 0 Å². The maximum absolute atomic E-state index is 11.1. The van der Waals surface area contributed by atoms with Crippen LogP contribution in [-0.2, 0) is 4.79 Å². The second-order valence-electron chi connectivity index (χ2n) is 2.61.